The fourth-order valence-electron chi connectivity index (χ4n) is 1.89. The molecule has 2 rings (SSSR count). The van der Waals surface area contributed by atoms with Crippen LogP contribution in [-0.2, 0) is 13.1 Å². The highest BCUT2D eigenvalue weighted by Gasteiger charge is 2.07. The Balaban J connectivity index is 2.28. The number of nitrogens with zero attached hydrogens (tertiary/aromatic N) is 4. The van der Waals surface area contributed by atoms with Crippen molar-refractivity contribution in [2.24, 2.45) is 5.73 Å². The molecular formula is C14H19N5O. The first-order valence-electron chi connectivity index (χ1n) is 6.56. The van der Waals surface area contributed by atoms with Crippen LogP contribution in [0.1, 0.15) is 18.2 Å². The molecule has 20 heavy (non-hydrogen) atoms. The average molecular weight is 273 g/mol. The number of aromatic nitrogens is 3. The third-order valence-electron chi connectivity index (χ3n) is 3.27. The Morgan fingerprint density at radius 2 is 2.25 bits per heavy atom. The van der Waals surface area contributed by atoms with Crippen molar-refractivity contribution in [2.45, 2.75) is 20.0 Å². The Kier molecular flexibility index (Phi) is 4.47. The highest BCUT2D eigenvalue weighted by Crippen LogP contribution is 2.08. The van der Waals surface area contributed by atoms with Gasteiger partial charge in [0.15, 0.2) is 0 Å². The van der Waals surface area contributed by atoms with E-state index in [2.05, 4.69) is 10.1 Å². The van der Waals surface area contributed by atoms with Crippen molar-refractivity contribution in [3.05, 3.63) is 52.2 Å². The van der Waals surface area contributed by atoms with Gasteiger partial charge >= 0.3 is 0 Å². The maximum absolute atomic E-state index is 12.1. The lowest BCUT2D eigenvalue weighted by atomic mass is 10.2. The molecule has 0 spiro atoms. The molecule has 6 heteroatoms. The summed E-state index contributed by atoms with van der Waals surface area (Å²) in [5.41, 5.74) is 8.04. The van der Waals surface area contributed by atoms with Gasteiger partial charge in [0.05, 0.1) is 24.1 Å². The highest BCUT2D eigenvalue weighted by molar-refractivity contribution is 5.41. The molecule has 0 aromatic carbocycles. The van der Waals surface area contributed by atoms with Gasteiger partial charge in [-0.25, -0.2) is 4.68 Å². The van der Waals surface area contributed by atoms with Crippen LogP contribution in [0.2, 0.25) is 0 Å². The molecule has 2 aromatic heterocycles. The van der Waals surface area contributed by atoms with E-state index in [9.17, 15) is 4.79 Å². The van der Waals surface area contributed by atoms with Crippen molar-refractivity contribution in [3.63, 3.8) is 0 Å². The smallest absolute Gasteiger partial charge is 0.269 e. The summed E-state index contributed by atoms with van der Waals surface area (Å²) in [6.45, 7) is 3.58. The van der Waals surface area contributed by atoms with Gasteiger partial charge in [0.2, 0.25) is 0 Å². The Morgan fingerprint density at radius 1 is 1.45 bits per heavy atom. The number of rotatable bonds is 5. The lowest BCUT2D eigenvalue weighted by Gasteiger charge is -2.16. The molecule has 2 N–H and O–H groups in total. The summed E-state index contributed by atoms with van der Waals surface area (Å²) in [4.78, 5) is 18.3. The molecule has 0 saturated carbocycles. The largest absolute Gasteiger partial charge is 0.373 e. The predicted molar refractivity (Wildman–Crippen MR) is 78.7 cm³/mol. The summed E-state index contributed by atoms with van der Waals surface area (Å²) in [7, 11) is 1.93. The molecule has 0 saturated heterocycles. The van der Waals surface area contributed by atoms with Crippen LogP contribution in [0.25, 0.3) is 0 Å². The first kappa shape index (κ1) is 14.2. The Hall–Kier alpha value is -2.21. The number of pyridine rings is 1. The minimum absolute atomic E-state index is 0.130. The van der Waals surface area contributed by atoms with Gasteiger partial charge in [-0.05, 0) is 18.6 Å². The molecule has 0 aliphatic carbocycles. The van der Waals surface area contributed by atoms with E-state index in [1.165, 1.54) is 4.68 Å². The maximum Gasteiger partial charge on any atom is 0.269 e. The minimum atomic E-state index is -0.130. The second-order valence-corrected chi connectivity index (χ2v) is 4.54. The third-order valence-corrected chi connectivity index (χ3v) is 3.27. The molecule has 0 unspecified atom stereocenters. The second kappa shape index (κ2) is 6.29. The number of anilines is 1. The molecule has 0 radical (unpaired) electrons. The summed E-state index contributed by atoms with van der Waals surface area (Å²) in [6.07, 6.45) is 3.39. The summed E-state index contributed by atoms with van der Waals surface area (Å²) in [5, 5.41) is 4.21. The van der Waals surface area contributed by atoms with Gasteiger partial charge in [0, 0.05) is 32.4 Å². The van der Waals surface area contributed by atoms with Gasteiger partial charge in [0.25, 0.3) is 5.56 Å². The van der Waals surface area contributed by atoms with Crippen molar-refractivity contribution >= 4 is 5.69 Å². The summed E-state index contributed by atoms with van der Waals surface area (Å²) >= 11 is 0. The van der Waals surface area contributed by atoms with Crippen LogP contribution in [0, 0.1) is 0 Å². The van der Waals surface area contributed by atoms with Crippen molar-refractivity contribution in [3.8, 4) is 0 Å². The Morgan fingerprint density at radius 3 is 2.90 bits per heavy atom. The number of hydrogen-bond acceptors (Lipinski definition) is 5. The second-order valence-electron chi connectivity index (χ2n) is 4.54. The van der Waals surface area contributed by atoms with Gasteiger partial charge in [-0.15, -0.1) is 0 Å². The lowest BCUT2D eigenvalue weighted by Crippen LogP contribution is -2.26. The topological polar surface area (TPSA) is 77.0 Å². The van der Waals surface area contributed by atoms with Gasteiger partial charge in [-0.3, -0.25) is 9.78 Å². The standard InChI is InChI=1S/C14H19N5O/c1-3-18(2)12-7-14(20)19(17-9-12)10-11-5-4-6-16-13(11)8-15/h4-7,9H,3,8,10,15H2,1-2H3. The molecule has 0 amide bonds. The van der Waals surface area contributed by atoms with Gasteiger partial charge in [-0.2, -0.15) is 5.10 Å². The molecule has 2 heterocycles. The molecule has 2 aromatic rings. The molecule has 0 aliphatic heterocycles. The highest BCUT2D eigenvalue weighted by atomic mass is 16.1. The van der Waals surface area contributed by atoms with Gasteiger partial charge in [0.1, 0.15) is 0 Å². The fourth-order valence-corrected chi connectivity index (χ4v) is 1.89. The summed E-state index contributed by atoms with van der Waals surface area (Å²) < 4.78 is 1.42. The van der Waals surface area contributed by atoms with E-state index in [1.54, 1.807) is 18.5 Å². The van der Waals surface area contributed by atoms with E-state index in [-0.39, 0.29) is 5.56 Å². The quantitative estimate of drug-likeness (QED) is 0.863. The number of hydrogen-bond donors (Lipinski definition) is 1. The molecule has 0 atom stereocenters. The minimum Gasteiger partial charge on any atom is -0.373 e. The Labute approximate surface area is 117 Å². The van der Waals surface area contributed by atoms with Crippen molar-refractivity contribution in [1.82, 2.24) is 14.8 Å². The predicted octanol–water partition coefficient (Wildman–Crippen LogP) is 0.601. The average Bonchev–Trinajstić information content (AvgIpc) is 2.49. The zero-order valence-corrected chi connectivity index (χ0v) is 11.8. The summed E-state index contributed by atoms with van der Waals surface area (Å²) in [5.74, 6) is 0. The van der Waals surface area contributed by atoms with Crippen LogP contribution in [-0.4, -0.2) is 28.4 Å². The van der Waals surface area contributed by atoms with Gasteiger partial charge < -0.3 is 10.6 Å². The van der Waals surface area contributed by atoms with Crippen molar-refractivity contribution in [1.29, 1.82) is 0 Å². The normalized spacial score (nSPS) is 10.6. The zero-order chi connectivity index (χ0) is 14.5. The van der Waals surface area contributed by atoms with E-state index in [0.29, 0.717) is 13.1 Å². The third kappa shape index (κ3) is 3.03. The SMILES string of the molecule is CCN(C)c1cnn(Cc2cccnc2CN)c(=O)c1. The maximum atomic E-state index is 12.1. The van der Waals surface area contributed by atoms with Crippen LogP contribution in [0.3, 0.4) is 0 Å². The molecular weight excluding hydrogens is 254 g/mol. The van der Waals surface area contributed by atoms with E-state index < -0.39 is 0 Å². The first-order valence-corrected chi connectivity index (χ1v) is 6.56. The molecule has 0 aliphatic rings. The van der Waals surface area contributed by atoms with Crippen molar-refractivity contribution in [2.75, 3.05) is 18.5 Å². The molecule has 0 bridgehead atoms. The lowest BCUT2D eigenvalue weighted by molar-refractivity contribution is 0.630. The van der Waals surface area contributed by atoms with Crippen LogP contribution < -0.4 is 16.2 Å². The van der Waals surface area contributed by atoms with Crippen LogP contribution in [0.15, 0.2) is 35.4 Å². The van der Waals surface area contributed by atoms with Crippen molar-refractivity contribution < 1.29 is 0 Å². The van der Waals surface area contributed by atoms with Crippen LogP contribution >= 0.6 is 0 Å². The van der Waals surface area contributed by atoms with E-state index >= 15 is 0 Å². The number of nitrogens with two attached hydrogens (primary N) is 1. The van der Waals surface area contributed by atoms with E-state index in [0.717, 1.165) is 23.5 Å². The molecule has 6 nitrogen and oxygen atoms in total. The first-order chi connectivity index (χ1) is 9.65. The molecule has 106 valence electrons. The van der Waals surface area contributed by atoms with Crippen LogP contribution in [0.5, 0.6) is 0 Å². The zero-order valence-electron chi connectivity index (χ0n) is 11.8. The Bertz CT molecular complexity index is 637. The van der Waals surface area contributed by atoms with E-state index in [4.69, 9.17) is 5.73 Å². The fraction of sp³-hybridized carbons (Fsp3) is 0.357. The summed E-state index contributed by atoms with van der Waals surface area (Å²) in [6, 6.07) is 5.34. The molecule has 0 fully saturated rings. The monoisotopic (exact) mass is 273 g/mol. The van der Waals surface area contributed by atoms with E-state index in [1.807, 2.05) is 31.0 Å². The van der Waals surface area contributed by atoms with Crippen LogP contribution in [0.4, 0.5) is 5.69 Å². The van der Waals surface area contributed by atoms with Gasteiger partial charge in [-0.1, -0.05) is 6.07 Å².